The van der Waals surface area contributed by atoms with Crippen LogP contribution in [0.2, 0.25) is 0 Å². The number of anilines is 1. The van der Waals surface area contributed by atoms with Gasteiger partial charge in [-0.15, -0.1) is 0 Å². The summed E-state index contributed by atoms with van der Waals surface area (Å²) in [6, 6.07) is 17.3. The summed E-state index contributed by atoms with van der Waals surface area (Å²) in [6.07, 6.45) is 6.39. The van der Waals surface area contributed by atoms with Crippen LogP contribution in [0, 0.1) is 5.82 Å². The van der Waals surface area contributed by atoms with Crippen molar-refractivity contribution in [2.75, 3.05) is 18.0 Å². The lowest BCUT2D eigenvalue weighted by Crippen LogP contribution is -2.30. The quantitative estimate of drug-likeness (QED) is 0.261. The molecule has 218 valence electrons. The van der Waals surface area contributed by atoms with Gasteiger partial charge < -0.3 is 19.3 Å². The van der Waals surface area contributed by atoms with Gasteiger partial charge in [-0.1, -0.05) is 48.5 Å². The number of pyridine rings is 1. The van der Waals surface area contributed by atoms with E-state index in [1.54, 1.807) is 40.2 Å². The van der Waals surface area contributed by atoms with E-state index in [4.69, 9.17) is 4.74 Å². The molecule has 1 aliphatic heterocycles. The van der Waals surface area contributed by atoms with Crippen molar-refractivity contribution >= 4 is 28.1 Å². The van der Waals surface area contributed by atoms with Crippen LogP contribution in [0.15, 0.2) is 90.4 Å². The van der Waals surface area contributed by atoms with E-state index in [2.05, 4.69) is 10.1 Å². The maximum Gasteiger partial charge on any atom is 0.387 e. The highest BCUT2D eigenvalue weighted by Crippen LogP contribution is 2.41. The molecule has 2 aromatic heterocycles. The molecule has 0 bridgehead atoms. The number of aromatic carboxylic acids is 1. The van der Waals surface area contributed by atoms with Crippen molar-refractivity contribution in [2.45, 2.75) is 19.6 Å². The maximum absolute atomic E-state index is 15.8. The Kier molecular flexibility index (Phi) is 7.41. The molecule has 0 spiro atoms. The van der Waals surface area contributed by atoms with Gasteiger partial charge in [0.25, 0.3) is 0 Å². The summed E-state index contributed by atoms with van der Waals surface area (Å²) in [5, 5.41) is 13.4. The number of rotatable bonds is 8. The van der Waals surface area contributed by atoms with E-state index in [0.29, 0.717) is 18.7 Å². The molecule has 43 heavy (non-hydrogen) atoms. The summed E-state index contributed by atoms with van der Waals surface area (Å²) in [4.78, 5) is 30.7. The second-order valence-electron chi connectivity index (χ2n) is 9.91. The number of benzene rings is 3. The van der Waals surface area contributed by atoms with Gasteiger partial charge >= 0.3 is 12.6 Å². The molecule has 3 aromatic carbocycles. The molecule has 0 radical (unpaired) electrons. The molecular formula is C31H24F3N5O4. The van der Waals surface area contributed by atoms with Gasteiger partial charge in [-0.2, -0.15) is 13.9 Å². The lowest BCUT2D eigenvalue weighted by Gasteiger charge is -2.31. The molecule has 6 rings (SSSR count). The molecule has 1 N–H and O–H groups in total. The van der Waals surface area contributed by atoms with Crippen molar-refractivity contribution in [3.63, 3.8) is 0 Å². The number of carbonyl (C=O) groups is 1. The molecule has 0 aliphatic carbocycles. The predicted molar refractivity (Wildman–Crippen MR) is 153 cm³/mol. The molecule has 0 atom stereocenters. The Hall–Kier alpha value is -5.39. The largest absolute Gasteiger partial charge is 0.477 e. The molecule has 3 heterocycles. The van der Waals surface area contributed by atoms with E-state index in [9.17, 15) is 23.5 Å². The van der Waals surface area contributed by atoms with E-state index >= 15 is 4.39 Å². The van der Waals surface area contributed by atoms with Crippen LogP contribution >= 0.6 is 0 Å². The fraction of sp³-hybridized carbons (Fsp3) is 0.161. The molecular weight excluding hydrogens is 563 g/mol. The lowest BCUT2D eigenvalue weighted by molar-refractivity contribution is -0.0487. The molecule has 0 amide bonds. The minimum Gasteiger partial charge on any atom is -0.477 e. The molecule has 1 aliphatic rings. The fourth-order valence-corrected chi connectivity index (χ4v) is 5.32. The number of aromatic nitrogens is 4. The number of alkyl halides is 2. The van der Waals surface area contributed by atoms with Crippen molar-refractivity contribution in [3.05, 3.63) is 118 Å². The standard InChI is InChI=1S/C31H24F3N5O4/c32-25-14-23-26(29(43-31(33)34)27(25)37-12-10-21(11-13-37)20-4-2-1-3-5-20)39(16-24(28(23)40)30(41)42)22-8-6-19(7-9-22)15-38-18-35-17-36-38/h1-10,14,16-18,31H,11-13,15H2,(H,41,42). The smallest absolute Gasteiger partial charge is 0.387 e. The first-order chi connectivity index (χ1) is 20.8. The van der Waals surface area contributed by atoms with Crippen LogP contribution in [-0.2, 0) is 6.54 Å². The van der Waals surface area contributed by atoms with Crippen molar-refractivity contribution in [1.82, 2.24) is 19.3 Å². The van der Waals surface area contributed by atoms with Crippen molar-refractivity contribution < 1.29 is 27.8 Å². The number of fused-ring (bicyclic) bond motifs is 1. The molecule has 5 aromatic rings. The van der Waals surface area contributed by atoms with Crippen LogP contribution in [0.4, 0.5) is 18.9 Å². The Balaban J connectivity index is 1.52. The summed E-state index contributed by atoms with van der Waals surface area (Å²) in [7, 11) is 0. The Bertz CT molecular complexity index is 1890. The van der Waals surface area contributed by atoms with Crippen LogP contribution in [0.25, 0.3) is 22.2 Å². The van der Waals surface area contributed by atoms with Crippen LogP contribution in [-0.4, -0.2) is 50.1 Å². The van der Waals surface area contributed by atoms with Crippen LogP contribution in [0.3, 0.4) is 0 Å². The average molecular weight is 588 g/mol. The van der Waals surface area contributed by atoms with E-state index in [1.807, 2.05) is 36.4 Å². The zero-order chi connectivity index (χ0) is 30.1. The average Bonchev–Trinajstić information content (AvgIpc) is 3.51. The molecule has 9 nitrogen and oxygen atoms in total. The summed E-state index contributed by atoms with van der Waals surface area (Å²) in [5.41, 5.74) is 1.12. The van der Waals surface area contributed by atoms with Gasteiger partial charge in [-0.25, -0.2) is 18.9 Å². The third kappa shape index (κ3) is 5.46. The number of hydrogen-bond acceptors (Lipinski definition) is 6. The summed E-state index contributed by atoms with van der Waals surface area (Å²) in [6.45, 7) is -2.47. The number of hydrogen-bond donors (Lipinski definition) is 1. The zero-order valence-corrected chi connectivity index (χ0v) is 22.5. The first-order valence-electron chi connectivity index (χ1n) is 13.3. The molecule has 0 unspecified atom stereocenters. The molecule has 0 saturated carbocycles. The van der Waals surface area contributed by atoms with Crippen LogP contribution < -0.4 is 15.1 Å². The van der Waals surface area contributed by atoms with Gasteiger partial charge in [0.1, 0.15) is 29.4 Å². The molecule has 12 heteroatoms. The van der Waals surface area contributed by atoms with Crippen molar-refractivity contribution in [1.29, 1.82) is 0 Å². The van der Waals surface area contributed by atoms with Gasteiger partial charge in [-0.3, -0.25) is 4.79 Å². The second kappa shape index (κ2) is 11.5. The van der Waals surface area contributed by atoms with Crippen LogP contribution in [0.1, 0.15) is 27.9 Å². The highest BCUT2D eigenvalue weighted by atomic mass is 19.3. The lowest BCUT2D eigenvalue weighted by atomic mass is 9.99. The highest BCUT2D eigenvalue weighted by molar-refractivity contribution is 5.98. The fourth-order valence-electron chi connectivity index (χ4n) is 5.32. The number of ether oxygens (including phenoxy) is 1. The Morgan fingerprint density at radius 2 is 1.86 bits per heavy atom. The van der Waals surface area contributed by atoms with Gasteiger partial charge in [-0.05, 0) is 41.3 Å². The minimum atomic E-state index is -3.35. The Morgan fingerprint density at radius 3 is 2.49 bits per heavy atom. The Labute approximate surface area is 242 Å². The summed E-state index contributed by atoms with van der Waals surface area (Å²) < 4.78 is 51.5. The van der Waals surface area contributed by atoms with E-state index < -0.39 is 40.5 Å². The highest BCUT2D eigenvalue weighted by Gasteiger charge is 2.29. The first kappa shape index (κ1) is 27.8. The third-order valence-corrected chi connectivity index (χ3v) is 7.30. The first-order valence-corrected chi connectivity index (χ1v) is 13.3. The normalized spacial score (nSPS) is 13.4. The number of carboxylic acid groups (broad SMARTS) is 1. The minimum absolute atomic E-state index is 0.173. The third-order valence-electron chi connectivity index (χ3n) is 7.30. The number of halogens is 3. The Morgan fingerprint density at radius 1 is 1.09 bits per heavy atom. The maximum atomic E-state index is 15.8. The SMILES string of the molecule is O=C(O)c1cn(-c2ccc(Cn3cncn3)cc2)c2c(OC(F)F)c(N3CC=C(c4ccccc4)CC3)c(F)cc2c1=O. The monoisotopic (exact) mass is 587 g/mol. The van der Waals surface area contributed by atoms with Gasteiger partial charge in [0.05, 0.1) is 11.9 Å². The number of carboxylic acids is 1. The van der Waals surface area contributed by atoms with Crippen molar-refractivity contribution in [3.8, 4) is 11.4 Å². The van der Waals surface area contributed by atoms with Crippen molar-refractivity contribution in [2.24, 2.45) is 0 Å². The number of nitrogens with zero attached hydrogens (tertiary/aromatic N) is 5. The van der Waals surface area contributed by atoms with Crippen LogP contribution in [0.5, 0.6) is 5.75 Å². The summed E-state index contributed by atoms with van der Waals surface area (Å²) >= 11 is 0. The zero-order valence-electron chi connectivity index (χ0n) is 22.5. The molecule has 0 saturated heterocycles. The molecule has 0 fully saturated rings. The van der Waals surface area contributed by atoms with E-state index in [0.717, 1.165) is 29.0 Å². The van der Waals surface area contributed by atoms with E-state index in [-0.39, 0.29) is 24.3 Å². The topological polar surface area (TPSA) is 102 Å². The second-order valence-corrected chi connectivity index (χ2v) is 9.91. The van der Waals surface area contributed by atoms with E-state index in [1.165, 1.54) is 10.9 Å². The summed E-state index contributed by atoms with van der Waals surface area (Å²) in [5.74, 6) is -3.07. The predicted octanol–water partition coefficient (Wildman–Crippen LogP) is 5.36. The van der Waals surface area contributed by atoms with Gasteiger partial charge in [0.15, 0.2) is 11.6 Å². The van der Waals surface area contributed by atoms with Gasteiger partial charge in [0, 0.05) is 25.0 Å². The van der Waals surface area contributed by atoms with Gasteiger partial charge in [0.2, 0.25) is 5.43 Å².